The average molecular weight is 285 g/mol. The molecule has 1 saturated carbocycles. The molecule has 1 aromatic heterocycles. The summed E-state index contributed by atoms with van der Waals surface area (Å²) in [5, 5.41) is 17.4. The fraction of sp³-hybridized carbons (Fsp3) is 0.375. The van der Waals surface area contributed by atoms with Crippen molar-refractivity contribution >= 4 is 11.6 Å². The molecule has 110 valence electrons. The summed E-state index contributed by atoms with van der Waals surface area (Å²) in [5.41, 5.74) is 0.687. The number of carbonyl (C=O) groups is 1. The molecule has 0 unspecified atom stereocenters. The normalized spacial score (nSPS) is 16.8. The third-order valence-electron chi connectivity index (χ3n) is 3.95. The molecular weight excluding hydrogens is 266 g/mol. The number of hydrogen-bond donors (Lipinski definition) is 2. The highest BCUT2D eigenvalue weighted by atomic mass is 16.3. The van der Waals surface area contributed by atoms with E-state index in [-0.39, 0.29) is 12.3 Å². The fourth-order valence-electron chi connectivity index (χ4n) is 2.89. The summed E-state index contributed by atoms with van der Waals surface area (Å²) in [6, 6.07) is 9.34. The van der Waals surface area contributed by atoms with Crippen molar-refractivity contribution in [2.24, 2.45) is 0 Å². The molecule has 1 aromatic carbocycles. The molecule has 1 heterocycles. The van der Waals surface area contributed by atoms with Gasteiger partial charge in [-0.2, -0.15) is 5.10 Å². The minimum atomic E-state index is -0.829. The highest BCUT2D eigenvalue weighted by Gasteiger charge is 2.33. The second kappa shape index (κ2) is 5.69. The Morgan fingerprint density at radius 3 is 2.76 bits per heavy atom. The molecule has 5 nitrogen and oxygen atoms in total. The summed E-state index contributed by atoms with van der Waals surface area (Å²) in [6.07, 6.45) is 7.08. The first kappa shape index (κ1) is 13.8. The molecule has 0 bridgehead atoms. The topological polar surface area (TPSA) is 67.2 Å². The van der Waals surface area contributed by atoms with E-state index in [9.17, 15) is 9.90 Å². The quantitative estimate of drug-likeness (QED) is 0.907. The number of hydrogen-bond acceptors (Lipinski definition) is 3. The number of aromatic nitrogens is 2. The summed E-state index contributed by atoms with van der Waals surface area (Å²) >= 11 is 0. The number of aliphatic hydroxyl groups is 1. The Bertz CT molecular complexity index is 616. The highest BCUT2D eigenvalue weighted by Crippen LogP contribution is 2.32. The van der Waals surface area contributed by atoms with Gasteiger partial charge in [-0.15, -0.1) is 0 Å². The van der Waals surface area contributed by atoms with Gasteiger partial charge in [0.05, 0.1) is 23.4 Å². The standard InChI is InChI=1S/C16H19N3O2/c20-15(12-16(21)8-3-4-9-16)18-13-6-1-2-7-14(13)19-11-5-10-17-19/h1-2,5-7,10-11,21H,3-4,8-9,12H2,(H,18,20). The SMILES string of the molecule is O=C(CC1(O)CCCC1)Nc1ccccc1-n1cccn1. The summed E-state index contributed by atoms with van der Waals surface area (Å²) < 4.78 is 1.71. The lowest BCUT2D eigenvalue weighted by Crippen LogP contribution is -2.31. The molecule has 2 aromatic rings. The van der Waals surface area contributed by atoms with Crippen LogP contribution in [0.5, 0.6) is 0 Å². The van der Waals surface area contributed by atoms with E-state index in [0.717, 1.165) is 18.5 Å². The molecule has 2 N–H and O–H groups in total. The van der Waals surface area contributed by atoms with Gasteiger partial charge in [0.15, 0.2) is 0 Å². The van der Waals surface area contributed by atoms with Gasteiger partial charge in [0, 0.05) is 12.4 Å². The zero-order chi connectivity index (χ0) is 14.7. The van der Waals surface area contributed by atoms with Crippen molar-refractivity contribution in [3.63, 3.8) is 0 Å². The molecule has 0 atom stereocenters. The molecular formula is C16H19N3O2. The number of nitrogens with one attached hydrogen (secondary N) is 1. The van der Waals surface area contributed by atoms with Crippen LogP contribution in [0.15, 0.2) is 42.7 Å². The molecule has 1 aliphatic carbocycles. The van der Waals surface area contributed by atoms with Gasteiger partial charge >= 0.3 is 0 Å². The van der Waals surface area contributed by atoms with Crippen LogP contribution in [0.25, 0.3) is 5.69 Å². The Labute approximate surface area is 123 Å². The van der Waals surface area contributed by atoms with Gasteiger partial charge in [-0.1, -0.05) is 25.0 Å². The monoisotopic (exact) mass is 285 g/mol. The maximum Gasteiger partial charge on any atom is 0.227 e. The summed E-state index contributed by atoms with van der Waals surface area (Å²) in [7, 11) is 0. The van der Waals surface area contributed by atoms with Crippen molar-refractivity contribution in [2.45, 2.75) is 37.7 Å². The lowest BCUT2D eigenvalue weighted by atomic mass is 9.97. The predicted molar refractivity (Wildman–Crippen MR) is 80.2 cm³/mol. The summed E-state index contributed by atoms with van der Waals surface area (Å²) in [5.74, 6) is -0.154. The molecule has 0 aliphatic heterocycles. The first-order valence-electron chi connectivity index (χ1n) is 7.28. The van der Waals surface area contributed by atoms with Gasteiger partial charge in [-0.3, -0.25) is 4.79 Å². The van der Waals surface area contributed by atoms with Gasteiger partial charge in [0.2, 0.25) is 5.91 Å². The number of benzene rings is 1. The van der Waals surface area contributed by atoms with Crippen molar-refractivity contribution in [1.82, 2.24) is 9.78 Å². The first-order valence-corrected chi connectivity index (χ1v) is 7.28. The number of amides is 1. The van der Waals surface area contributed by atoms with E-state index in [1.54, 1.807) is 10.9 Å². The van der Waals surface area contributed by atoms with Crippen LogP contribution in [-0.4, -0.2) is 26.4 Å². The Morgan fingerprint density at radius 1 is 1.29 bits per heavy atom. The van der Waals surface area contributed by atoms with E-state index in [1.165, 1.54) is 0 Å². The van der Waals surface area contributed by atoms with Gasteiger partial charge in [0.1, 0.15) is 0 Å². The van der Waals surface area contributed by atoms with Crippen LogP contribution in [0.3, 0.4) is 0 Å². The van der Waals surface area contributed by atoms with Crippen LogP contribution < -0.4 is 5.32 Å². The minimum Gasteiger partial charge on any atom is -0.389 e. The van der Waals surface area contributed by atoms with Crippen molar-refractivity contribution < 1.29 is 9.90 Å². The first-order chi connectivity index (χ1) is 10.2. The fourth-order valence-corrected chi connectivity index (χ4v) is 2.89. The second-order valence-corrected chi connectivity index (χ2v) is 5.62. The van der Waals surface area contributed by atoms with Gasteiger partial charge in [0.25, 0.3) is 0 Å². The maximum atomic E-state index is 12.2. The molecule has 5 heteroatoms. The van der Waals surface area contributed by atoms with Crippen LogP contribution in [-0.2, 0) is 4.79 Å². The van der Waals surface area contributed by atoms with E-state index in [2.05, 4.69) is 10.4 Å². The zero-order valence-corrected chi connectivity index (χ0v) is 11.8. The number of anilines is 1. The minimum absolute atomic E-state index is 0.153. The number of carbonyl (C=O) groups excluding carboxylic acids is 1. The van der Waals surface area contributed by atoms with E-state index in [1.807, 2.05) is 36.5 Å². The van der Waals surface area contributed by atoms with E-state index in [0.29, 0.717) is 18.5 Å². The smallest absolute Gasteiger partial charge is 0.227 e. The Morgan fingerprint density at radius 2 is 2.05 bits per heavy atom. The molecule has 3 rings (SSSR count). The highest BCUT2D eigenvalue weighted by molar-refractivity contribution is 5.93. The van der Waals surface area contributed by atoms with Crippen molar-refractivity contribution in [3.05, 3.63) is 42.7 Å². The van der Waals surface area contributed by atoms with Crippen molar-refractivity contribution in [3.8, 4) is 5.69 Å². The molecule has 1 aliphatic rings. The number of para-hydroxylation sites is 2. The summed E-state index contributed by atoms with van der Waals surface area (Å²) in [6.45, 7) is 0. The second-order valence-electron chi connectivity index (χ2n) is 5.62. The van der Waals surface area contributed by atoms with Crippen LogP contribution in [0.2, 0.25) is 0 Å². The molecule has 0 spiro atoms. The van der Waals surface area contributed by atoms with Crippen LogP contribution in [0, 0.1) is 0 Å². The van der Waals surface area contributed by atoms with Gasteiger partial charge in [-0.25, -0.2) is 4.68 Å². The van der Waals surface area contributed by atoms with E-state index in [4.69, 9.17) is 0 Å². The van der Waals surface area contributed by atoms with Crippen molar-refractivity contribution in [2.75, 3.05) is 5.32 Å². The molecule has 21 heavy (non-hydrogen) atoms. The lowest BCUT2D eigenvalue weighted by Gasteiger charge is -2.21. The molecule has 0 saturated heterocycles. The number of nitrogens with zero attached hydrogens (tertiary/aromatic N) is 2. The molecule has 1 fully saturated rings. The third kappa shape index (κ3) is 3.13. The average Bonchev–Trinajstić information content (AvgIpc) is 3.11. The lowest BCUT2D eigenvalue weighted by molar-refractivity contribution is -0.120. The summed E-state index contributed by atoms with van der Waals surface area (Å²) in [4.78, 5) is 12.2. The number of rotatable bonds is 4. The molecule has 0 radical (unpaired) electrons. The van der Waals surface area contributed by atoms with Crippen LogP contribution in [0.4, 0.5) is 5.69 Å². The van der Waals surface area contributed by atoms with Crippen LogP contribution in [0.1, 0.15) is 32.1 Å². The largest absolute Gasteiger partial charge is 0.389 e. The Balaban J connectivity index is 1.74. The van der Waals surface area contributed by atoms with Crippen molar-refractivity contribution in [1.29, 1.82) is 0 Å². The van der Waals surface area contributed by atoms with E-state index < -0.39 is 5.60 Å². The van der Waals surface area contributed by atoms with Gasteiger partial charge < -0.3 is 10.4 Å². The maximum absolute atomic E-state index is 12.2. The predicted octanol–water partition coefficient (Wildman–Crippen LogP) is 2.51. The van der Waals surface area contributed by atoms with E-state index >= 15 is 0 Å². The zero-order valence-electron chi connectivity index (χ0n) is 11.8. The van der Waals surface area contributed by atoms with Crippen LogP contribution >= 0.6 is 0 Å². The van der Waals surface area contributed by atoms with Gasteiger partial charge in [-0.05, 0) is 31.0 Å². The Hall–Kier alpha value is -2.14. The third-order valence-corrected chi connectivity index (χ3v) is 3.95. The Kier molecular flexibility index (Phi) is 3.75. The molecule has 1 amide bonds.